The fourth-order valence-corrected chi connectivity index (χ4v) is 2.11. The van der Waals surface area contributed by atoms with Crippen molar-refractivity contribution in [1.29, 1.82) is 0 Å². The second kappa shape index (κ2) is 6.28. The average molecular weight is 319 g/mol. The number of hydrogen-bond acceptors (Lipinski definition) is 4. The Morgan fingerprint density at radius 1 is 1.26 bits per heavy atom. The van der Waals surface area contributed by atoms with Crippen molar-refractivity contribution in [2.24, 2.45) is 0 Å². The summed E-state index contributed by atoms with van der Waals surface area (Å²) in [6.07, 6.45) is 2.20. The number of aryl methyl sites for hydroxylation is 1. The summed E-state index contributed by atoms with van der Waals surface area (Å²) in [7, 11) is 0. The molecule has 0 saturated heterocycles. The van der Waals surface area contributed by atoms with Gasteiger partial charge in [-0.15, -0.1) is 0 Å². The molecule has 0 unspecified atom stereocenters. The zero-order valence-electron chi connectivity index (χ0n) is 12.5. The van der Waals surface area contributed by atoms with Gasteiger partial charge in [0.1, 0.15) is 5.75 Å². The second-order valence-electron chi connectivity index (χ2n) is 5.44. The summed E-state index contributed by atoms with van der Waals surface area (Å²) in [4.78, 5) is 20.3. The molecule has 1 aliphatic carbocycles. The predicted octanol–water partition coefficient (Wildman–Crippen LogP) is 2.96. The first kappa shape index (κ1) is 15.3. The van der Waals surface area contributed by atoms with Crippen LogP contribution in [-0.2, 0) is 4.79 Å². The number of halogens is 2. The maximum atomic E-state index is 13.0. The maximum Gasteiger partial charge on any atom is 0.264 e. The predicted molar refractivity (Wildman–Crippen MR) is 79.2 cm³/mol. The summed E-state index contributed by atoms with van der Waals surface area (Å²) in [6.45, 7) is 1.49. The molecule has 0 spiro atoms. The number of anilines is 1. The molecule has 3 rings (SSSR count). The van der Waals surface area contributed by atoms with E-state index >= 15 is 0 Å². The van der Waals surface area contributed by atoms with Crippen LogP contribution in [0, 0.1) is 18.6 Å². The van der Waals surface area contributed by atoms with E-state index < -0.39 is 17.5 Å². The van der Waals surface area contributed by atoms with Crippen LogP contribution >= 0.6 is 0 Å². The first-order valence-corrected chi connectivity index (χ1v) is 7.24. The summed E-state index contributed by atoms with van der Waals surface area (Å²) in [5.74, 6) is -1.72. The van der Waals surface area contributed by atoms with Crippen molar-refractivity contribution in [1.82, 2.24) is 9.97 Å². The second-order valence-corrected chi connectivity index (χ2v) is 5.44. The van der Waals surface area contributed by atoms with Crippen molar-refractivity contribution >= 4 is 11.9 Å². The van der Waals surface area contributed by atoms with Gasteiger partial charge in [-0.25, -0.2) is 18.7 Å². The molecule has 1 saturated carbocycles. The molecular weight excluding hydrogens is 304 g/mol. The highest BCUT2D eigenvalue weighted by atomic mass is 19.2. The van der Waals surface area contributed by atoms with Crippen LogP contribution < -0.4 is 10.1 Å². The molecule has 1 fully saturated rings. The van der Waals surface area contributed by atoms with E-state index in [2.05, 4.69) is 15.3 Å². The Bertz CT molecular complexity index is 748. The Hall–Kier alpha value is -2.57. The highest BCUT2D eigenvalue weighted by Crippen LogP contribution is 2.39. The minimum absolute atomic E-state index is 0.0721. The Morgan fingerprint density at radius 3 is 2.74 bits per heavy atom. The van der Waals surface area contributed by atoms with E-state index in [1.165, 1.54) is 6.07 Å². The molecule has 120 valence electrons. The van der Waals surface area contributed by atoms with E-state index in [0.717, 1.165) is 36.4 Å². The van der Waals surface area contributed by atoms with Gasteiger partial charge in [-0.2, -0.15) is 0 Å². The normalized spacial score (nSPS) is 13.7. The van der Waals surface area contributed by atoms with Gasteiger partial charge in [0.2, 0.25) is 5.95 Å². The third-order valence-corrected chi connectivity index (χ3v) is 3.38. The molecule has 23 heavy (non-hydrogen) atoms. The third-order valence-electron chi connectivity index (χ3n) is 3.38. The molecule has 0 radical (unpaired) electrons. The van der Waals surface area contributed by atoms with Crippen LogP contribution in [0.15, 0.2) is 24.3 Å². The smallest absolute Gasteiger partial charge is 0.264 e. The molecule has 2 aromatic rings. The summed E-state index contributed by atoms with van der Waals surface area (Å²) in [5.41, 5.74) is 1.70. The quantitative estimate of drug-likeness (QED) is 0.920. The van der Waals surface area contributed by atoms with E-state index in [4.69, 9.17) is 4.74 Å². The minimum Gasteiger partial charge on any atom is -0.484 e. The van der Waals surface area contributed by atoms with Crippen molar-refractivity contribution in [3.63, 3.8) is 0 Å². The molecule has 7 heteroatoms. The number of hydrogen-bond donors (Lipinski definition) is 1. The maximum absolute atomic E-state index is 13.0. The van der Waals surface area contributed by atoms with Crippen LogP contribution in [-0.4, -0.2) is 22.5 Å². The summed E-state index contributed by atoms with van der Waals surface area (Å²) >= 11 is 0. The lowest BCUT2D eigenvalue weighted by Crippen LogP contribution is -2.22. The summed E-state index contributed by atoms with van der Waals surface area (Å²) in [6, 6.07) is 4.98. The van der Waals surface area contributed by atoms with Crippen LogP contribution in [0.5, 0.6) is 5.75 Å². The van der Waals surface area contributed by atoms with Crippen molar-refractivity contribution < 1.29 is 18.3 Å². The first-order chi connectivity index (χ1) is 11.0. The number of nitrogens with one attached hydrogen (secondary N) is 1. The van der Waals surface area contributed by atoms with E-state index in [1.54, 1.807) is 0 Å². The Morgan fingerprint density at radius 2 is 2.04 bits per heavy atom. The number of ether oxygens (including phenoxy) is 1. The largest absolute Gasteiger partial charge is 0.484 e. The van der Waals surface area contributed by atoms with Gasteiger partial charge >= 0.3 is 0 Å². The first-order valence-electron chi connectivity index (χ1n) is 7.24. The number of benzene rings is 1. The molecule has 1 heterocycles. The lowest BCUT2D eigenvalue weighted by atomic mass is 10.2. The van der Waals surface area contributed by atoms with Gasteiger partial charge in [0, 0.05) is 23.4 Å². The van der Waals surface area contributed by atoms with Crippen LogP contribution in [0.2, 0.25) is 0 Å². The van der Waals surface area contributed by atoms with Gasteiger partial charge in [0.25, 0.3) is 5.91 Å². The van der Waals surface area contributed by atoms with E-state index in [0.29, 0.717) is 5.92 Å². The topological polar surface area (TPSA) is 64.1 Å². The highest BCUT2D eigenvalue weighted by molar-refractivity contribution is 5.90. The van der Waals surface area contributed by atoms with Gasteiger partial charge in [-0.3, -0.25) is 10.1 Å². The molecule has 1 aliphatic rings. The number of amides is 1. The summed E-state index contributed by atoms with van der Waals surface area (Å²) < 4.78 is 31.0. The van der Waals surface area contributed by atoms with Crippen molar-refractivity contribution in [3.8, 4) is 5.75 Å². The van der Waals surface area contributed by atoms with E-state index in [1.807, 2.05) is 13.0 Å². The molecule has 1 N–H and O–H groups in total. The minimum atomic E-state index is -1.03. The van der Waals surface area contributed by atoms with Crippen LogP contribution in [0.3, 0.4) is 0 Å². The van der Waals surface area contributed by atoms with E-state index in [9.17, 15) is 13.6 Å². The number of carbonyl (C=O) groups excluding carboxylic acids is 1. The Kier molecular flexibility index (Phi) is 4.18. The molecule has 1 aromatic heterocycles. The molecular formula is C16H15F2N3O2. The standard InChI is InChI=1S/C16H15F2N3O2/c1-9-6-14(10-2-3-10)20-16(19-9)21-15(22)8-23-11-4-5-12(17)13(18)7-11/h4-7,10H,2-3,8H2,1H3,(H,19,20,21,22). The fourth-order valence-electron chi connectivity index (χ4n) is 2.11. The van der Waals surface area contributed by atoms with Crippen LogP contribution in [0.4, 0.5) is 14.7 Å². The van der Waals surface area contributed by atoms with Crippen molar-refractivity contribution in [3.05, 3.63) is 47.3 Å². The molecule has 5 nitrogen and oxygen atoms in total. The van der Waals surface area contributed by atoms with Crippen LogP contribution in [0.1, 0.15) is 30.1 Å². The van der Waals surface area contributed by atoms with Crippen molar-refractivity contribution in [2.45, 2.75) is 25.7 Å². The lowest BCUT2D eigenvalue weighted by Gasteiger charge is -2.08. The van der Waals surface area contributed by atoms with Gasteiger partial charge in [0.05, 0.1) is 0 Å². The highest BCUT2D eigenvalue weighted by Gasteiger charge is 2.26. The summed E-state index contributed by atoms with van der Waals surface area (Å²) in [5, 5.41) is 2.55. The molecule has 0 aliphatic heterocycles. The third kappa shape index (κ3) is 4.00. The Balaban J connectivity index is 1.59. The molecule has 0 atom stereocenters. The van der Waals surface area contributed by atoms with E-state index in [-0.39, 0.29) is 18.3 Å². The van der Waals surface area contributed by atoms with Crippen LogP contribution in [0.25, 0.3) is 0 Å². The van der Waals surface area contributed by atoms with Gasteiger partial charge in [-0.05, 0) is 38.0 Å². The number of rotatable bonds is 5. The average Bonchev–Trinajstić information content (AvgIpc) is 3.32. The molecule has 1 aromatic carbocycles. The Labute approximate surface area is 131 Å². The zero-order valence-corrected chi connectivity index (χ0v) is 12.5. The molecule has 0 bridgehead atoms. The van der Waals surface area contributed by atoms with Crippen molar-refractivity contribution in [2.75, 3.05) is 11.9 Å². The number of carbonyl (C=O) groups is 1. The van der Waals surface area contributed by atoms with Gasteiger partial charge in [-0.1, -0.05) is 0 Å². The zero-order chi connectivity index (χ0) is 16.4. The van der Waals surface area contributed by atoms with Gasteiger partial charge < -0.3 is 4.74 Å². The SMILES string of the molecule is Cc1cc(C2CC2)nc(NC(=O)COc2ccc(F)c(F)c2)n1. The van der Waals surface area contributed by atoms with Gasteiger partial charge in [0.15, 0.2) is 18.2 Å². The number of aromatic nitrogens is 2. The monoisotopic (exact) mass is 319 g/mol. The fraction of sp³-hybridized carbons (Fsp3) is 0.312. The lowest BCUT2D eigenvalue weighted by molar-refractivity contribution is -0.118. The molecule has 1 amide bonds. The number of nitrogens with zero attached hydrogens (tertiary/aromatic N) is 2.